The molecule has 0 saturated carbocycles. The number of hydrogen-bond acceptors (Lipinski definition) is 1. The van der Waals surface area contributed by atoms with Gasteiger partial charge in [-0.15, -0.1) is 12.6 Å². The first-order valence-corrected chi connectivity index (χ1v) is 6.20. The number of rotatable bonds is 1. The average Bonchev–Trinajstić information content (AvgIpc) is 2.38. The predicted octanol–water partition coefficient (Wildman–Crippen LogP) is 4.87. The second-order valence-electron chi connectivity index (χ2n) is 4.22. The maximum atomic E-state index is 13.8. The second-order valence-corrected chi connectivity index (χ2v) is 4.66. The van der Waals surface area contributed by atoms with Crippen LogP contribution in [0.2, 0.25) is 0 Å². The van der Waals surface area contributed by atoms with Crippen LogP contribution in [-0.4, -0.2) is 0 Å². The van der Waals surface area contributed by atoms with Crippen molar-refractivity contribution in [2.24, 2.45) is 0 Å². The molecule has 3 aromatic carbocycles. The van der Waals surface area contributed by atoms with E-state index in [0.717, 1.165) is 10.8 Å². The topological polar surface area (TPSA) is 0 Å². The lowest BCUT2D eigenvalue weighted by atomic mass is 10.0. The summed E-state index contributed by atoms with van der Waals surface area (Å²) in [6.45, 7) is 0. The van der Waals surface area contributed by atoms with Crippen LogP contribution in [-0.2, 0) is 0 Å². The van der Waals surface area contributed by atoms with E-state index in [-0.39, 0.29) is 5.56 Å². The number of hydrogen-bond donors (Lipinski definition) is 1. The molecule has 0 aliphatic carbocycles. The molecule has 0 saturated heterocycles. The Hall–Kier alpha value is -1.87. The van der Waals surface area contributed by atoms with Crippen LogP contribution in [0.15, 0.2) is 53.4 Å². The summed E-state index contributed by atoms with van der Waals surface area (Å²) in [4.78, 5) is 0.579. The zero-order valence-electron chi connectivity index (χ0n) is 9.82. The lowest BCUT2D eigenvalue weighted by Crippen LogP contribution is -1.90. The summed E-state index contributed by atoms with van der Waals surface area (Å²) in [5.74, 6) is -1.20. The molecule has 3 heteroatoms. The quantitative estimate of drug-likeness (QED) is 0.599. The highest BCUT2D eigenvalue weighted by Crippen LogP contribution is 2.31. The van der Waals surface area contributed by atoms with Crippen LogP contribution in [0.1, 0.15) is 0 Å². The number of thiol groups is 1. The fourth-order valence-corrected chi connectivity index (χ4v) is 2.44. The van der Waals surface area contributed by atoms with E-state index in [1.54, 1.807) is 6.07 Å². The molecule has 0 fully saturated rings. The molecular formula is C16H9F2S. The van der Waals surface area contributed by atoms with E-state index in [4.69, 9.17) is 0 Å². The van der Waals surface area contributed by atoms with Gasteiger partial charge >= 0.3 is 0 Å². The zero-order valence-corrected chi connectivity index (χ0v) is 10.7. The molecule has 0 aliphatic heterocycles. The van der Waals surface area contributed by atoms with Crippen molar-refractivity contribution in [1.29, 1.82) is 0 Å². The van der Waals surface area contributed by atoms with E-state index in [1.165, 1.54) is 18.2 Å². The van der Waals surface area contributed by atoms with Gasteiger partial charge in [0.2, 0.25) is 0 Å². The van der Waals surface area contributed by atoms with Crippen molar-refractivity contribution in [3.8, 4) is 11.1 Å². The Labute approximate surface area is 115 Å². The highest BCUT2D eigenvalue weighted by molar-refractivity contribution is 7.80. The number of fused-ring (bicyclic) bond motifs is 1. The SMILES string of the molecule is Fc1cccc(F)c1-c1[c]c(S)c2ccccc2c1. The molecule has 0 spiro atoms. The summed E-state index contributed by atoms with van der Waals surface area (Å²) in [6.07, 6.45) is 0. The van der Waals surface area contributed by atoms with E-state index in [9.17, 15) is 8.78 Å². The van der Waals surface area contributed by atoms with Gasteiger partial charge in [-0.3, -0.25) is 0 Å². The minimum absolute atomic E-state index is 0.0662. The smallest absolute Gasteiger partial charge is 0.133 e. The van der Waals surface area contributed by atoms with Gasteiger partial charge in [0, 0.05) is 11.0 Å². The Morgan fingerprint density at radius 3 is 2.32 bits per heavy atom. The van der Waals surface area contributed by atoms with Gasteiger partial charge in [0.25, 0.3) is 0 Å². The van der Waals surface area contributed by atoms with Crippen molar-refractivity contribution >= 4 is 23.4 Å². The molecule has 1 radical (unpaired) electrons. The van der Waals surface area contributed by atoms with Gasteiger partial charge in [-0.05, 0) is 34.5 Å². The van der Waals surface area contributed by atoms with Gasteiger partial charge in [-0.1, -0.05) is 30.3 Å². The average molecular weight is 271 g/mol. The summed E-state index contributed by atoms with van der Waals surface area (Å²) >= 11 is 4.34. The minimum atomic E-state index is -0.598. The number of halogens is 2. The third kappa shape index (κ3) is 2.10. The van der Waals surface area contributed by atoms with Crippen LogP contribution >= 0.6 is 12.6 Å². The third-order valence-electron chi connectivity index (χ3n) is 3.00. The fraction of sp³-hybridized carbons (Fsp3) is 0. The molecule has 0 atom stereocenters. The molecule has 3 rings (SSSR count). The van der Waals surface area contributed by atoms with E-state index in [2.05, 4.69) is 18.7 Å². The highest BCUT2D eigenvalue weighted by atomic mass is 32.1. The molecule has 0 unspecified atom stereocenters. The molecule has 93 valence electrons. The van der Waals surface area contributed by atoms with Crippen LogP contribution in [0.5, 0.6) is 0 Å². The normalized spacial score (nSPS) is 10.9. The molecule has 3 aromatic rings. The lowest BCUT2D eigenvalue weighted by Gasteiger charge is -2.08. The van der Waals surface area contributed by atoms with Crippen LogP contribution in [0.3, 0.4) is 0 Å². The highest BCUT2D eigenvalue weighted by Gasteiger charge is 2.12. The maximum Gasteiger partial charge on any atom is 0.133 e. The van der Waals surface area contributed by atoms with Crippen LogP contribution < -0.4 is 0 Å². The Balaban J connectivity index is 2.32. The number of benzene rings is 3. The van der Waals surface area contributed by atoms with E-state index < -0.39 is 11.6 Å². The van der Waals surface area contributed by atoms with Crippen molar-refractivity contribution in [2.45, 2.75) is 4.90 Å². The van der Waals surface area contributed by atoms with Crippen molar-refractivity contribution in [1.82, 2.24) is 0 Å². The van der Waals surface area contributed by atoms with Crippen molar-refractivity contribution in [3.63, 3.8) is 0 Å². The predicted molar refractivity (Wildman–Crippen MR) is 75.4 cm³/mol. The monoisotopic (exact) mass is 271 g/mol. The Bertz CT molecular complexity index is 746. The standard InChI is InChI=1S/C16H9F2S/c17-13-6-3-7-14(18)16(13)11-8-10-4-1-2-5-12(10)15(19)9-11/h1-8,19H. The summed E-state index contributed by atoms with van der Waals surface area (Å²) in [5, 5.41) is 1.79. The largest absolute Gasteiger partial charge is 0.206 e. The van der Waals surface area contributed by atoms with Crippen molar-refractivity contribution in [3.05, 3.63) is 66.2 Å². The molecule has 0 aliphatic rings. The molecule has 0 bridgehead atoms. The lowest BCUT2D eigenvalue weighted by molar-refractivity contribution is 0.589. The molecule has 0 aromatic heterocycles. The molecule has 0 amide bonds. The Morgan fingerprint density at radius 1 is 0.895 bits per heavy atom. The van der Waals surface area contributed by atoms with E-state index in [1.807, 2.05) is 24.3 Å². The van der Waals surface area contributed by atoms with Crippen molar-refractivity contribution < 1.29 is 8.78 Å². The van der Waals surface area contributed by atoms with Gasteiger partial charge in [0.15, 0.2) is 0 Å². The second kappa shape index (κ2) is 4.67. The molecule has 0 nitrogen and oxygen atoms in total. The Morgan fingerprint density at radius 2 is 1.58 bits per heavy atom. The van der Waals surface area contributed by atoms with Gasteiger partial charge < -0.3 is 0 Å². The van der Waals surface area contributed by atoms with Gasteiger partial charge in [-0.25, -0.2) is 8.78 Å². The van der Waals surface area contributed by atoms with Crippen LogP contribution in [0, 0.1) is 17.7 Å². The molecule has 0 heterocycles. The first-order chi connectivity index (χ1) is 9.16. The Kier molecular flexibility index (Phi) is 2.99. The maximum absolute atomic E-state index is 13.8. The summed E-state index contributed by atoms with van der Waals surface area (Å²) in [6, 6.07) is 16.0. The zero-order chi connectivity index (χ0) is 13.4. The molecule has 0 N–H and O–H groups in total. The van der Waals surface area contributed by atoms with E-state index in [0.29, 0.717) is 10.5 Å². The minimum Gasteiger partial charge on any atom is -0.206 e. The van der Waals surface area contributed by atoms with Gasteiger partial charge in [-0.2, -0.15) is 0 Å². The molecular weight excluding hydrogens is 262 g/mol. The van der Waals surface area contributed by atoms with Crippen LogP contribution in [0.25, 0.3) is 21.9 Å². The van der Waals surface area contributed by atoms with Crippen molar-refractivity contribution in [2.75, 3.05) is 0 Å². The first kappa shape index (κ1) is 12.2. The fourth-order valence-electron chi connectivity index (χ4n) is 2.11. The van der Waals surface area contributed by atoms with E-state index >= 15 is 0 Å². The first-order valence-electron chi connectivity index (χ1n) is 5.75. The van der Waals surface area contributed by atoms with Crippen LogP contribution in [0.4, 0.5) is 8.78 Å². The molecule has 19 heavy (non-hydrogen) atoms. The van der Waals surface area contributed by atoms with Gasteiger partial charge in [0.1, 0.15) is 11.6 Å². The summed E-state index contributed by atoms with van der Waals surface area (Å²) in [5.41, 5.74) is 0.308. The third-order valence-corrected chi connectivity index (χ3v) is 3.35. The summed E-state index contributed by atoms with van der Waals surface area (Å²) in [7, 11) is 0. The summed E-state index contributed by atoms with van der Waals surface area (Å²) < 4.78 is 27.6. The van der Waals surface area contributed by atoms with Gasteiger partial charge in [0.05, 0.1) is 5.56 Å².